The summed E-state index contributed by atoms with van der Waals surface area (Å²) in [6.45, 7) is 1.22. The van der Waals surface area contributed by atoms with Crippen LogP contribution in [-0.2, 0) is 9.59 Å². The van der Waals surface area contributed by atoms with Gasteiger partial charge in [0.05, 0.1) is 24.7 Å². The fourth-order valence-corrected chi connectivity index (χ4v) is 2.01. The van der Waals surface area contributed by atoms with Crippen molar-refractivity contribution in [3.8, 4) is 0 Å². The Hall–Kier alpha value is -2.15. The Kier molecular flexibility index (Phi) is 3.89. The molecule has 0 radical (unpaired) electrons. The minimum Gasteiger partial charge on any atom is -0.294 e. The van der Waals surface area contributed by atoms with Crippen LogP contribution >= 0.6 is 0 Å². The standard InChI is InChI=1S/C13H12F2N2O3/c1-7(17-5-11(18)16-12(19)6-17)13(20)9-3-2-8(14)4-10(9)15/h2-4,7H,5-6H2,1H3,(H,16,18,19). The molecule has 1 heterocycles. The summed E-state index contributed by atoms with van der Waals surface area (Å²) in [4.78, 5) is 36.0. The number of carbonyl (C=O) groups is 3. The summed E-state index contributed by atoms with van der Waals surface area (Å²) in [7, 11) is 0. The number of nitrogens with zero attached hydrogens (tertiary/aromatic N) is 1. The molecule has 5 nitrogen and oxygen atoms in total. The van der Waals surface area contributed by atoms with E-state index in [1.165, 1.54) is 11.8 Å². The van der Waals surface area contributed by atoms with Gasteiger partial charge in [-0.05, 0) is 19.1 Å². The minimum absolute atomic E-state index is 0.124. The lowest BCUT2D eigenvalue weighted by molar-refractivity contribution is -0.136. The normalized spacial score (nSPS) is 17.8. The van der Waals surface area contributed by atoms with Crippen LogP contribution in [0, 0.1) is 11.6 Å². The molecule has 106 valence electrons. The first-order chi connectivity index (χ1) is 9.38. The molecule has 1 atom stereocenters. The molecule has 1 fully saturated rings. The van der Waals surface area contributed by atoms with Crippen molar-refractivity contribution in [1.82, 2.24) is 10.2 Å². The monoisotopic (exact) mass is 282 g/mol. The molecule has 0 spiro atoms. The average Bonchev–Trinajstić information content (AvgIpc) is 2.36. The van der Waals surface area contributed by atoms with Crippen molar-refractivity contribution in [2.75, 3.05) is 13.1 Å². The van der Waals surface area contributed by atoms with Crippen LogP contribution in [0.5, 0.6) is 0 Å². The van der Waals surface area contributed by atoms with Crippen molar-refractivity contribution < 1.29 is 23.2 Å². The number of halogens is 2. The van der Waals surface area contributed by atoms with E-state index in [2.05, 4.69) is 5.32 Å². The van der Waals surface area contributed by atoms with Crippen LogP contribution in [0.15, 0.2) is 18.2 Å². The van der Waals surface area contributed by atoms with Gasteiger partial charge >= 0.3 is 0 Å². The summed E-state index contributed by atoms with van der Waals surface area (Å²) in [6.07, 6.45) is 0. The van der Waals surface area contributed by atoms with E-state index in [9.17, 15) is 23.2 Å². The highest BCUT2D eigenvalue weighted by molar-refractivity contribution is 6.03. The second-order valence-corrected chi connectivity index (χ2v) is 4.54. The molecule has 1 aromatic rings. The number of amides is 2. The van der Waals surface area contributed by atoms with Gasteiger partial charge in [-0.15, -0.1) is 0 Å². The zero-order valence-corrected chi connectivity index (χ0v) is 10.7. The second-order valence-electron chi connectivity index (χ2n) is 4.54. The number of piperazine rings is 1. The third kappa shape index (κ3) is 2.88. The molecule has 1 aromatic carbocycles. The zero-order valence-electron chi connectivity index (χ0n) is 10.7. The summed E-state index contributed by atoms with van der Waals surface area (Å²) in [5.74, 6) is -3.38. The van der Waals surface area contributed by atoms with Crippen LogP contribution in [0.25, 0.3) is 0 Å². The third-order valence-corrected chi connectivity index (χ3v) is 3.10. The highest BCUT2D eigenvalue weighted by Gasteiger charge is 2.31. The fraction of sp³-hybridized carbons (Fsp3) is 0.308. The molecule has 2 rings (SSSR count). The summed E-state index contributed by atoms with van der Waals surface area (Å²) < 4.78 is 26.4. The maximum absolute atomic E-state index is 13.6. The second kappa shape index (κ2) is 5.46. The number of nitrogens with one attached hydrogen (secondary N) is 1. The summed E-state index contributed by atoms with van der Waals surface area (Å²) in [6, 6.07) is 1.80. The van der Waals surface area contributed by atoms with Gasteiger partial charge in [0.25, 0.3) is 0 Å². The molecular weight excluding hydrogens is 270 g/mol. The minimum atomic E-state index is -0.963. The Morgan fingerprint density at radius 2 is 1.85 bits per heavy atom. The Balaban J connectivity index is 2.19. The molecule has 0 saturated carbocycles. The lowest BCUT2D eigenvalue weighted by Gasteiger charge is -2.30. The van der Waals surface area contributed by atoms with Gasteiger partial charge in [-0.1, -0.05) is 0 Å². The van der Waals surface area contributed by atoms with Gasteiger partial charge < -0.3 is 0 Å². The van der Waals surface area contributed by atoms with E-state index in [1.807, 2.05) is 0 Å². The van der Waals surface area contributed by atoms with Gasteiger partial charge in [0.15, 0.2) is 5.78 Å². The smallest absolute Gasteiger partial charge is 0.240 e. The van der Waals surface area contributed by atoms with E-state index >= 15 is 0 Å². The quantitative estimate of drug-likeness (QED) is 0.647. The van der Waals surface area contributed by atoms with Crippen molar-refractivity contribution in [2.24, 2.45) is 0 Å². The number of rotatable bonds is 3. The van der Waals surface area contributed by atoms with E-state index in [4.69, 9.17) is 0 Å². The number of hydrogen-bond donors (Lipinski definition) is 1. The van der Waals surface area contributed by atoms with Crippen molar-refractivity contribution >= 4 is 17.6 Å². The topological polar surface area (TPSA) is 66.5 Å². The number of imide groups is 1. The molecule has 0 aliphatic carbocycles. The van der Waals surface area contributed by atoms with Gasteiger partial charge in [0.2, 0.25) is 11.8 Å². The Morgan fingerprint density at radius 3 is 2.40 bits per heavy atom. The maximum Gasteiger partial charge on any atom is 0.240 e. The zero-order chi connectivity index (χ0) is 14.9. The van der Waals surface area contributed by atoms with Gasteiger partial charge in [-0.3, -0.25) is 24.6 Å². The first-order valence-electron chi connectivity index (χ1n) is 5.94. The van der Waals surface area contributed by atoms with Crippen molar-refractivity contribution in [3.05, 3.63) is 35.4 Å². The molecule has 0 bridgehead atoms. The molecule has 1 unspecified atom stereocenters. The predicted molar refractivity (Wildman–Crippen MR) is 64.9 cm³/mol. The number of benzene rings is 1. The van der Waals surface area contributed by atoms with Crippen LogP contribution in [0.3, 0.4) is 0 Å². The number of hydrogen-bond acceptors (Lipinski definition) is 4. The largest absolute Gasteiger partial charge is 0.294 e. The van der Waals surface area contributed by atoms with Crippen LogP contribution < -0.4 is 5.32 Å². The fourth-order valence-electron chi connectivity index (χ4n) is 2.01. The number of carbonyl (C=O) groups excluding carboxylic acids is 3. The highest BCUT2D eigenvalue weighted by Crippen LogP contribution is 2.15. The van der Waals surface area contributed by atoms with Crippen molar-refractivity contribution in [2.45, 2.75) is 13.0 Å². The van der Waals surface area contributed by atoms with Crippen molar-refractivity contribution in [3.63, 3.8) is 0 Å². The molecule has 1 aliphatic rings. The van der Waals surface area contributed by atoms with Crippen LogP contribution in [-0.4, -0.2) is 41.6 Å². The number of ketones is 1. The first-order valence-corrected chi connectivity index (χ1v) is 5.94. The summed E-state index contributed by atoms with van der Waals surface area (Å²) >= 11 is 0. The first kappa shape index (κ1) is 14.3. The lowest BCUT2D eigenvalue weighted by atomic mass is 10.0. The maximum atomic E-state index is 13.6. The van der Waals surface area contributed by atoms with E-state index in [-0.39, 0.29) is 18.7 Å². The van der Waals surface area contributed by atoms with Gasteiger partial charge in [0, 0.05) is 6.07 Å². The van der Waals surface area contributed by atoms with E-state index in [0.717, 1.165) is 12.1 Å². The molecular formula is C13H12F2N2O3. The Morgan fingerprint density at radius 1 is 1.25 bits per heavy atom. The van der Waals surface area contributed by atoms with E-state index in [1.54, 1.807) is 0 Å². The molecule has 2 amide bonds. The Bertz CT molecular complexity index is 573. The van der Waals surface area contributed by atoms with Crippen LogP contribution in [0.4, 0.5) is 8.78 Å². The van der Waals surface area contributed by atoms with Gasteiger partial charge in [-0.25, -0.2) is 8.78 Å². The molecule has 0 aromatic heterocycles. The third-order valence-electron chi connectivity index (χ3n) is 3.10. The molecule has 1 saturated heterocycles. The summed E-state index contributed by atoms with van der Waals surface area (Å²) in [5.41, 5.74) is -0.266. The SMILES string of the molecule is CC(C(=O)c1ccc(F)cc1F)N1CC(=O)NC(=O)C1. The average molecular weight is 282 g/mol. The number of Topliss-reactive ketones (excluding diaryl/α,β-unsaturated/α-hetero) is 1. The molecule has 1 N–H and O–H groups in total. The highest BCUT2D eigenvalue weighted by atomic mass is 19.1. The molecule has 1 aliphatic heterocycles. The van der Waals surface area contributed by atoms with E-state index in [0.29, 0.717) is 6.07 Å². The van der Waals surface area contributed by atoms with Gasteiger partial charge in [-0.2, -0.15) is 0 Å². The van der Waals surface area contributed by atoms with E-state index < -0.39 is 35.3 Å². The molecule has 7 heteroatoms. The van der Waals surface area contributed by atoms with Gasteiger partial charge in [0.1, 0.15) is 11.6 Å². The molecule has 20 heavy (non-hydrogen) atoms. The lowest BCUT2D eigenvalue weighted by Crippen LogP contribution is -2.55. The Labute approximate surface area is 113 Å². The van der Waals surface area contributed by atoms with Crippen molar-refractivity contribution in [1.29, 1.82) is 0 Å². The van der Waals surface area contributed by atoms with Crippen LogP contribution in [0.1, 0.15) is 17.3 Å². The van der Waals surface area contributed by atoms with Crippen LogP contribution in [0.2, 0.25) is 0 Å². The summed E-state index contributed by atoms with van der Waals surface area (Å²) in [5, 5.41) is 2.11. The predicted octanol–water partition coefficient (Wildman–Crippen LogP) is 0.494.